The third-order valence-corrected chi connectivity index (χ3v) is 5.66. The second kappa shape index (κ2) is 6.08. The van der Waals surface area contributed by atoms with Crippen LogP contribution in [0, 0.1) is 0 Å². The third-order valence-electron chi connectivity index (χ3n) is 2.04. The van der Waals surface area contributed by atoms with Crippen molar-refractivity contribution in [2.24, 2.45) is 0 Å². The Morgan fingerprint density at radius 1 is 1.47 bits per heavy atom. The lowest BCUT2D eigenvalue weighted by atomic mass is 10.4. The highest BCUT2D eigenvalue weighted by atomic mass is 35.5. The van der Waals surface area contributed by atoms with Crippen molar-refractivity contribution < 1.29 is 17.2 Å². The summed E-state index contributed by atoms with van der Waals surface area (Å²) in [5, 5.41) is 0. The smallest absolute Gasteiger partial charge is 0.209 e. The molecule has 0 aliphatic carbocycles. The van der Waals surface area contributed by atoms with E-state index >= 15 is 0 Å². The SMILES string of the molecule is CN(CC(F)F)S(=O)(=O)c1ccc(CCCl)s1. The zero-order valence-electron chi connectivity index (χ0n) is 9.07. The summed E-state index contributed by atoms with van der Waals surface area (Å²) in [4.78, 5) is 0.823. The van der Waals surface area contributed by atoms with E-state index in [0.717, 1.165) is 23.3 Å². The minimum Gasteiger partial charge on any atom is -0.209 e. The minimum atomic E-state index is -3.80. The Morgan fingerprint density at radius 2 is 2.12 bits per heavy atom. The molecule has 0 saturated heterocycles. The lowest BCUT2D eigenvalue weighted by Gasteiger charge is -2.14. The zero-order valence-corrected chi connectivity index (χ0v) is 11.5. The van der Waals surface area contributed by atoms with Crippen LogP contribution in [0.5, 0.6) is 0 Å². The first-order chi connectivity index (χ1) is 7.87. The molecule has 0 aliphatic rings. The van der Waals surface area contributed by atoms with Crippen LogP contribution in [0.3, 0.4) is 0 Å². The van der Waals surface area contributed by atoms with E-state index in [4.69, 9.17) is 11.6 Å². The van der Waals surface area contributed by atoms with Gasteiger partial charge in [0.1, 0.15) is 4.21 Å². The van der Waals surface area contributed by atoms with Crippen LogP contribution < -0.4 is 0 Å². The third kappa shape index (κ3) is 3.87. The summed E-state index contributed by atoms with van der Waals surface area (Å²) in [5.74, 6) is 0.396. The van der Waals surface area contributed by atoms with Gasteiger partial charge in [-0.05, 0) is 18.6 Å². The van der Waals surface area contributed by atoms with Crippen LogP contribution in [0.2, 0.25) is 0 Å². The number of halogens is 3. The van der Waals surface area contributed by atoms with Gasteiger partial charge in [0.05, 0.1) is 6.54 Å². The molecule has 8 heteroatoms. The first-order valence-corrected chi connectivity index (χ1v) is 7.56. The fourth-order valence-electron chi connectivity index (χ4n) is 1.17. The van der Waals surface area contributed by atoms with Crippen LogP contribution >= 0.6 is 22.9 Å². The Labute approximate surface area is 108 Å². The van der Waals surface area contributed by atoms with Gasteiger partial charge in [0.15, 0.2) is 0 Å². The van der Waals surface area contributed by atoms with E-state index in [2.05, 4.69) is 0 Å². The van der Waals surface area contributed by atoms with Gasteiger partial charge in [-0.2, -0.15) is 4.31 Å². The number of alkyl halides is 3. The van der Waals surface area contributed by atoms with Crippen molar-refractivity contribution in [3.63, 3.8) is 0 Å². The molecule has 0 bridgehead atoms. The van der Waals surface area contributed by atoms with E-state index in [0.29, 0.717) is 16.6 Å². The number of thiophene rings is 1. The molecule has 1 aromatic rings. The molecule has 0 aromatic carbocycles. The average Bonchev–Trinajstić information content (AvgIpc) is 2.66. The molecule has 3 nitrogen and oxygen atoms in total. The maximum atomic E-state index is 12.1. The van der Waals surface area contributed by atoms with Gasteiger partial charge < -0.3 is 0 Å². The highest BCUT2D eigenvalue weighted by Gasteiger charge is 2.25. The van der Waals surface area contributed by atoms with Crippen molar-refractivity contribution in [1.29, 1.82) is 0 Å². The second-order valence-corrected chi connectivity index (χ2v) is 7.15. The highest BCUT2D eigenvalue weighted by Crippen LogP contribution is 2.25. The monoisotopic (exact) mass is 303 g/mol. The molecule has 1 aromatic heterocycles. The Balaban J connectivity index is 2.88. The minimum absolute atomic E-state index is 0.0702. The fourth-order valence-corrected chi connectivity index (χ4v) is 4.20. The van der Waals surface area contributed by atoms with Gasteiger partial charge >= 0.3 is 0 Å². The number of nitrogens with zero attached hydrogens (tertiary/aromatic N) is 1. The van der Waals surface area contributed by atoms with Crippen molar-refractivity contribution in [3.8, 4) is 0 Å². The molecule has 98 valence electrons. The molecular weight excluding hydrogens is 292 g/mol. The molecule has 1 rings (SSSR count). The summed E-state index contributed by atoms with van der Waals surface area (Å²) >= 11 is 6.60. The maximum absolute atomic E-state index is 12.1. The van der Waals surface area contributed by atoms with Crippen molar-refractivity contribution in [1.82, 2.24) is 4.31 Å². The molecule has 0 spiro atoms. The van der Waals surface area contributed by atoms with Crippen molar-refractivity contribution >= 4 is 33.0 Å². The maximum Gasteiger partial charge on any atom is 0.252 e. The highest BCUT2D eigenvalue weighted by molar-refractivity contribution is 7.91. The van der Waals surface area contributed by atoms with Crippen LogP contribution in [-0.4, -0.2) is 38.6 Å². The van der Waals surface area contributed by atoms with Gasteiger partial charge in [0.25, 0.3) is 16.4 Å². The van der Waals surface area contributed by atoms with E-state index in [9.17, 15) is 17.2 Å². The van der Waals surface area contributed by atoms with Crippen LogP contribution in [-0.2, 0) is 16.4 Å². The summed E-state index contributed by atoms with van der Waals surface area (Å²) in [5.41, 5.74) is 0. The van der Waals surface area contributed by atoms with E-state index in [1.807, 2.05) is 0 Å². The number of hydrogen-bond donors (Lipinski definition) is 0. The number of sulfonamides is 1. The summed E-state index contributed by atoms with van der Waals surface area (Å²) in [7, 11) is -2.66. The number of aryl methyl sites for hydroxylation is 1. The quantitative estimate of drug-likeness (QED) is 0.757. The second-order valence-electron chi connectivity index (χ2n) is 3.34. The molecular formula is C9H12ClF2NO2S2. The lowest BCUT2D eigenvalue weighted by molar-refractivity contribution is 0.126. The molecule has 0 atom stereocenters. The Kier molecular flexibility index (Phi) is 5.30. The Morgan fingerprint density at radius 3 is 2.65 bits per heavy atom. The van der Waals surface area contributed by atoms with Gasteiger partial charge in [0, 0.05) is 17.8 Å². The zero-order chi connectivity index (χ0) is 13.1. The fraction of sp³-hybridized carbons (Fsp3) is 0.556. The first kappa shape index (κ1) is 14.8. The molecule has 17 heavy (non-hydrogen) atoms. The standard InChI is InChI=1S/C9H12ClF2NO2S2/c1-13(6-8(11)12)17(14,15)9-3-2-7(16-9)4-5-10/h2-3,8H,4-6H2,1H3. The first-order valence-electron chi connectivity index (χ1n) is 4.77. The summed E-state index contributed by atoms with van der Waals surface area (Å²) in [6, 6.07) is 3.07. The number of hydrogen-bond acceptors (Lipinski definition) is 3. The van der Waals surface area contributed by atoms with Crippen molar-refractivity contribution in [2.45, 2.75) is 17.1 Å². The van der Waals surface area contributed by atoms with E-state index in [1.165, 1.54) is 6.07 Å². The molecule has 0 aliphatic heterocycles. The van der Waals surface area contributed by atoms with Crippen LogP contribution in [0.15, 0.2) is 16.3 Å². The molecule has 0 saturated carbocycles. The van der Waals surface area contributed by atoms with Crippen LogP contribution in [0.1, 0.15) is 4.88 Å². The van der Waals surface area contributed by atoms with Crippen molar-refractivity contribution in [2.75, 3.05) is 19.5 Å². The van der Waals surface area contributed by atoms with Crippen LogP contribution in [0.25, 0.3) is 0 Å². The van der Waals surface area contributed by atoms with Crippen molar-refractivity contribution in [3.05, 3.63) is 17.0 Å². The van der Waals surface area contributed by atoms with Gasteiger partial charge in [-0.1, -0.05) is 0 Å². The normalized spacial score (nSPS) is 12.6. The molecule has 1 heterocycles. The molecule has 0 fully saturated rings. The van der Waals surface area contributed by atoms with Crippen LogP contribution in [0.4, 0.5) is 8.78 Å². The molecule has 0 unspecified atom stereocenters. The Bertz CT molecular complexity index is 461. The van der Waals surface area contributed by atoms with E-state index in [1.54, 1.807) is 6.07 Å². The molecule has 0 N–H and O–H groups in total. The summed E-state index contributed by atoms with van der Waals surface area (Å²) in [6.45, 7) is -0.801. The van der Waals surface area contributed by atoms with Gasteiger partial charge in [0.2, 0.25) is 0 Å². The Hall–Kier alpha value is -0.240. The van der Waals surface area contributed by atoms with Gasteiger partial charge in [-0.15, -0.1) is 22.9 Å². The molecule has 0 amide bonds. The lowest BCUT2D eigenvalue weighted by Crippen LogP contribution is -2.30. The summed E-state index contributed by atoms with van der Waals surface area (Å²) < 4.78 is 48.7. The summed E-state index contributed by atoms with van der Waals surface area (Å²) in [6.07, 6.45) is -2.11. The predicted octanol–water partition coefficient (Wildman–Crippen LogP) is 2.42. The largest absolute Gasteiger partial charge is 0.252 e. The average molecular weight is 304 g/mol. The van der Waals surface area contributed by atoms with Gasteiger partial charge in [-0.25, -0.2) is 17.2 Å². The van der Waals surface area contributed by atoms with E-state index in [-0.39, 0.29) is 4.21 Å². The number of rotatable bonds is 6. The topological polar surface area (TPSA) is 37.4 Å². The van der Waals surface area contributed by atoms with Gasteiger partial charge in [-0.3, -0.25) is 0 Å². The van der Waals surface area contributed by atoms with E-state index < -0.39 is 23.0 Å². The predicted molar refractivity (Wildman–Crippen MR) is 64.6 cm³/mol. The molecule has 0 radical (unpaired) electrons.